The summed E-state index contributed by atoms with van der Waals surface area (Å²) in [6.07, 6.45) is 6.88. The van der Waals surface area contributed by atoms with Crippen LogP contribution in [0.15, 0.2) is 48.8 Å². The van der Waals surface area contributed by atoms with Crippen molar-refractivity contribution in [1.82, 2.24) is 19.4 Å². The molecule has 2 fully saturated rings. The third kappa shape index (κ3) is 3.81. The highest BCUT2D eigenvalue weighted by Crippen LogP contribution is 2.30. The summed E-state index contributed by atoms with van der Waals surface area (Å²) in [4.78, 5) is 22.2. The smallest absolute Gasteiger partial charge is 0.257 e. The van der Waals surface area contributed by atoms with Crippen molar-refractivity contribution in [2.24, 2.45) is 0 Å². The summed E-state index contributed by atoms with van der Waals surface area (Å²) in [5.41, 5.74) is 3.79. The predicted octanol–water partition coefficient (Wildman–Crippen LogP) is 3.79. The molecule has 1 saturated carbocycles. The van der Waals surface area contributed by atoms with E-state index in [1.54, 1.807) is 7.11 Å². The lowest BCUT2D eigenvalue weighted by atomic mass is 9.92. The molecule has 162 valence electrons. The SMILES string of the molecule is COc1cc(Cn2cnc3ccccc32)ccc1C(=O)N(C)[C@@H]1CCN(C2CCC2)C1. The van der Waals surface area contributed by atoms with Crippen LogP contribution in [0.4, 0.5) is 0 Å². The molecule has 0 N–H and O–H groups in total. The molecule has 2 aliphatic rings. The lowest BCUT2D eigenvalue weighted by Gasteiger charge is -2.35. The fourth-order valence-electron chi connectivity index (χ4n) is 4.87. The second-order valence-electron chi connectivity index (χ2n) is 8.83. The maximum Gasteiger partial charge on any atom is 0.257 e. The van der Waals surface area contributed by atoms with Gasteiger partial charge in [-0.25, -0.2) is 4.98 Å². The van der Waals surface area contributed by atoms with Gasteiger partial charge in [-0.2, -0.15) is 0 Å². The van der Waals surface area contributed by atoms with E-state index >= 15 is 0 Å². The van der Waals surface area contributed by atoms with Crippen LogP contribution in [0, 0.1) is 0 Å². The van der Waals surface area contributed by atoms with E-state index in [-0.39, 0.29) is 11.9 Å². The van der Waals surface area contributed by atoms with Gasteiger partial charge < -0.3 is 14.2 Å². The van der Waals surface area contributed by atoms with Crippen molar-refractivity contribution < 1.29 is 9.53 Å². The van der Waals surface area contributed by atoms with E-state index in [1.165, 1.54) is 19.3 Å². The molecule has 31 heavy (non-hydrogen) atoms. The summed E-state index contributed by atoms with van der Waals surface area (Å²) in [5, 5.41) is 0. The van der Waals surface area contributed by atoms with Crippen molar-refractivity contribution in [1.29, 1.82) is 0 Å². The first-order chi connectivity index (χ1) is 15.1. The Morgan fingerprint density at radius 3 is 2.81 bits per heavy atom. The number of hydrogen-bond acceptors (Lipinski definition) is 4. The Hall–Kier alpha value is -2.86. The monoisotopic (exact) mass is 418 g/mol. The van der Waals surface area contributed by atoms with Crippen LogP contribution in [-0.2, 0) is 6.54 Å². The van der Waals surface area contributed by atoms with Gasteiger partial charge in [0, 0.05) is 38.8 Å². The number of rotatable bonds is 6. The number of nitrogens with zero attached hydrogens (tertiary/aromatic N) is 4. The summed E-state index contributed by atoms with van der Waals surface area (Å²) >= 11 is 0. The van der Waals surface area contributed by atoms with Crippen LogP contribution in [0.25, 0.3) is 11.0 Å². The quantitative estimate of drug-likeness (QED) is 0.611. The molecule has 2 heterocycles. The lowest BCUT2D eigenvalue weighted by molar-refractivity contribution is 0.0716. The zero-order valence-corrected chi connectivity index (χ0v) is 18.3. The van der Waals surface area contributed by atoms with Crippen LogP contribution in [0.5, 0.6) is 5.75 Å². The van der Waals surface area contributed by atoms with Crippen molar-refractivity contribution >= 4 is 16.9 Å². The molecule has 1 aromatic heterocycles. The van der Waals surface area contributed by atoms with E-state index in [2.05, 4.69) is 20.5 Å². The molecule has 1 atom stereocenters. The minimum atomic E-state index is 0.0388. The van der Waals surface area contributed by atoms with Crippen molar-refractivity contribution in [3.8, 4) is 5.75 Å². The van der Waals surface area contributed by atoms with Gasteiger partial charge in [-0.15, -0.1) is 0 Å². The molecule has 0 spiro atoms. The number of para-hydroxylation sites is 2. The van der Waals surface area contributed by atoms with E-state index in [1.807, 2.05) is 54.7 Å². The van der Waals surface area contributed by atoms with Crippen LogP contribution in [0.3, 0.4) is 0 Å². The maximum atomic E-state index is 13.3. The molecular weight excluding hydrogens is 388 g/mol. The summed E-state index contributed by atoms with van der Waals surface area (Å²) in [6.45, 7) is 2.77. The Morgan fingerprint density at radius 1 is 1.19 bits per heavy atom. The highest BCUT2D eigenvalue weighted by molar-refractivity contribution is 5.97. The number of aromatic nitrogens is 2. The van der Waals surface area contributed by atoms with Crippen LogP contribution < -0.4 is 4.74 Å². The third-order valence-corrected chi connectivity index (χ3v) is 7.03. The van der Waals surface area contributed by atoms with Gasteiger partial charge in [0.05, 0.1) is 30.0 Å². The maximum absolute atomic E-state index is 13.3. The van der Waals surface area contributed by atoms with E-state index in [0.717, 1.165) is 42.1 Å². The predicted molar refractivity (Wildman–Crippen MR) is 122 cm³/mol. The molecule has 0 radical (unpaired) electrons. The van der Waals surface area contributed by atoms with Crippen molar-refractivity contribution in [2.75, 3.05) is 27.2 Å². The number of amides is 1. The van der Waals surface area contributed by atoms with Gasteiger partial charge in [-0.05, 0) is 49.1 Å². The van der Waals surface area contributed by atoms with Gasteiger partial charge in [0.15, 0.2) is 0 Å². The second kappa shape index (κ2) is 8.35. The fraction of sp³-hybridized carbons (Fsp3) is 0.440. The van der Waals surface area contributed by atoms with Gasteiger partial charge in [-0.3, -0.25) is 9.69 Å². The zero-order chi connectivity index (χ0) is 21.4. The number of hydrogen-bond donors (Lipinski definition) is 0. The Bertz CT molecular complexity index is 1090. The summed E-state index contributed by atoms with van der Waals surface area (Å²) in [6, 6.07) is 15.0. The minimum Gasteiger partial charge on any atom is -0.496 e. The average molecular weight is 419 g/mol. The Balaban J connectivity index is 1.31. The molecular formula is C25H30N4O2. The number of imidazole rings is 1. The van der Waals surface area contributed by atoms with Gasteiger partial charge >= 0.3 is 0 Å². The molecule has 2 aromatic carbocycles. The number of benzene rings is 2. The van der Waals surface area contributed by atoms with Gasteiger partial charge in [-0.1, -0.05) is 24.6 Å². The van der Waals surface area contributed by atoms with Crippen LogP contribution in [0.1, 0.15) is 41.6 Å². The molecule has 5 rings (SSSR count). The molecule has 1 aliphatic carbocycles. The number of carbonyl (C=O) groups excluding carboxylic acids is 1. The highest BCUT2D eigenvalue weighted by Gasteiger charge is 2.35. The average Bonchev–Trinajstić information content (AvgIpc) is 3.39. The van der Waals surface area contributed by atoms with Crippen molar-refractivity contribution in [3.63, 3.8) is 0 Å². The lowest BCUT2D eigenvalue weighted by Crippen LogP contribution is -2.43. The highest BCUT2D eigenvalue weighted by atomic mass is 16.5. The number of ether oxygens (including phenoxy) is 1. The normalized spacial score (nSPS) is 19.5. The molecule has 1 saturated heterocycles. The van der Waals surface area contributed by atoms with Crippen LogP contribution in [-0.4, -0.2) is 64.6 Å². The number of likely N-dealkylation sites (tertiary alicyclic amines) is 1. The molecule has 6 nitrogen and oxygen atoms in total. The van der Waals surface area contributed by atoms with E-state index in [4.69, 9.17) is 4.74 Å². The topological polar surface area (TPSA) is 50.6 Å². The van der Waals surface area contributed by atoms with Crippen molar-refractivity contribution in [3.05, 3.63) is 59.9 Å². The van der Waals surface area contributed by atoms with Gasteiger partial charge in [0.1, 0.15) is 5.75 Å². The summed E-state index contributed by atoms with van der Waals surface area (Å²) in [5.74, 6) is 0.671. The molecule has 0 unspecified atom stereocenters. The van der Waals surface area contributed by atoms with Gasteiger partial charge in [0.25, 0.3) is 5.91 Å². The number of likely N-dealkylation sites (N-methyl/N-ethyl adjacent to an activating group) is 1. The third-order valence-electron chi connectivity index (χ3n) is 7.03. The fourth-order valence-corrected chi connectivity index (χ4v) is 4.87. The van der Waals surface area contributed by atoms with Gasteiger partial charge in [0.2, 0.25) is 0 Å². The molecule has 1 aliphatic heterocycles. The Morgan fingerprint density at radius 2 is 2.03 bits per heavy atom. The first-order valence-electron chi connectivity index (χ1n) is 11.2. The molecule has 0 bridgehead atoms. The Kier molecular flexibility index (Phi) is 5.40. The van der Waals surface area contributed by atoms with E-state index in [9.17, 15) is 4.79 Å². The van der Waals surface area contributed by atoms with Crippen LogP contribution in [0.2, 0.25) is 0 Å². The molecule has 6 heteroatoms. The van der Waals surface area contributed by atoms with E-state index in [0.29, 0.717) is 17.9 Å². The number of methoxy groups -OCH3 is 1. The largest absolute Gasteiger partial charge is 0.496 e. The number of carbonyl (C=O) groups is 1. The van der Waals surface area contributed by atoms with E-state index < -0.39 is 0 Å². The first kappa shape index (κ1) is 20.1. The summed E-state index contributed by atoms with van der Waals surface area (Å²) < 4.78 is 7.75. The van der Waals surface area contributed by atoms with Crippen molar-refractivity contribution in [2.45, 2.75) is 44.3 Å². The molecule has 1 amide bonds. The Labute approximate surface area is 183 Å². The first-order valence-corrected chi connectivity index (χ1v) is 11.2. The minimum absolute atomic E-state index is 0.0388. The summed E-state index contributed by atoms with van der Waals surface area (Å²) in [7, 11) is 3.57. The standard InChI is InChI=1S/C25H30N4O2/c1-27(20-12-13-28(16-20)19-6-5-7-19)25(30)21-11-10-18(14-24(21)31-2)15-29-17-26-22-8-3-4-9-23(22)29/h3-4,8-11,14,17,19-20H,5-7,12-13,15-16H2,1-2H3/t20-/m1/s1. The zero-order valence-electron chi connectivity index (χ0n) is 18.3. The number of fused-ring (bicyclic) bond motifs is 1. The second-order valence-corrected chi connectivity index (χ2v) is 8.83. The van der Waals surface area contributed by atoms with Crippen LogP contribution >= 0.6 is 0 Å². The molecule has 3 aromatic rings.